The van der Waals surface area contributed by atoms with Crippen LogP contribution in [0.15, 0.2) is 0 Å². The number of fused-ring (bicyclic) bond motifs is 1. The molecule has 1 atom stereocenters. The van der Waals surface area contributed by atoms with Gasteiger partial charge in [0.1, 0.15) is 0 Å². The minimum atomic E-state index is -0.447. The molecule has 0 aromatic carbocycles. The number of halogens is 1. The van der Waals surface area contributed by atoms with Gasteiger partial charge in [-0.1, -0.05) is 24.7 Å². The zero-order chi connectivity index (χ0) is 12.3. The number of nitrogens with zero attached hydrogens (tertiary/aromatic N) is 1. The third-order valence-electron chi connectivity index (χ3n) is 2.66. The molecule has 1 amide bonds. The Morgan fingerprint density at radius 3 is 3.11 bits per heavy atom. The average Bonchev–Trinajstić information content (AvgIpc) is 2.71. The summed E-state index contributed by atoms with van der Waals surface area (Å²) < 4.78 is 5.33. The van der Waals surface area contributed by atoms with Gasteiger partial charge in [0, 0.05) is 6.42 Å². The number of ether oxygens (including phenoxy) is 1. The van der Waals surface area contributed by atoms with Crippen LogP contribution in [0.5, 0.6) is 0 Å². The molecular weight excluding hydrogens is 274 g/mol. The first-order chi connectivity index (χ1) is 8.20. The second-order valence-corrected chi connectivity index (χ2v) is 5.16. The van der Waals surface area contributed by atoms with Crippen LogP contribution in [0.4, 0.5) is 5.13 Å². The number of aromatic nitrogens is 1. The number of carbonyl (C=O) groups excluding carboxylic acids is 1. The maximum Gasteiger partial charge on any atom is 0.243 e. The summed E-state index contributed by atoms with van der Waals surface area (Å²) in [6.45, 7) is 3.32. The van der Waals surface area contributed by atoms with Crippen molar-refractivity contribution in [3.05, 3.63) is 10.6 Å². The van der Waals surface area contributed by atoms with Crippen LogP contribution in [0.1, 0.15) is 30.3 Å². The van der Waals surface area contributed by atoms with Crippen molar-refractivity contribution >= 4 is 34.8 Å². The van der Waals surface area contributed by atoms with Crippen molar-refractivity contribution in [1.29, 1.82) is 0 Å². The zero-order valence-corrected chi connectivity index (χ0v) is 11.9. The lowest BCUT2D eigenvalue weighted by molar-refractivity contribution is -0.117. The predicted molar refractivity (Wildman–Crippen MR) is 74.2 cm³/mol. The largest absolute Gasteiger partial charge is 0.375 e. The number of rotatable bonds is 4. The summed E-state index contributed by atoms with van der Waals surface area (Å²) in [5, 5.41) is 3.41. The first kappa shape index (κ1) is 15.4. The normalized spacial score (nSPS) is 15.4. The van der Waals surface area contributed by atoms with E-state index in [1.54, 1.807) is 0 Å². The molecule has 0 aliphatic carbocycles. The highest BCUT2D eigenvalue weighted by atomic mass is 35.5. The average molecular weight is 292 g/mol. The van der Waals surface area contributed by atoms with Crippen molar-refractivity contribution in [2.45, 2.75) is 38.8 Å². The molecule has 3 N–H and O–H groups in total. The zero-order valence-electron chi connectivity index (χ0n) is 10.3. The molecule has 1 aliphatic heterocycles. The van der Waals surface area contributed by atoms with E-state index >= 15 is 0 Å². The van der Waals surface area contributed by atoms with Gasteiger partial charge < -0.3 is 15.8 Å². The van der Waals surface area contributed by atoms with E-state index < -0.39 is 6.04 Å². The van der Waals surface area contributed by atoms with E-state index in [0.29, 0.717) is 24.8 Å². The highest BCUT2D eigenvalue weighted by molar-refractivity contribution is 7.15. The summed E-state index contributed by atoms with van der Waals surface area (Å²) in [7, 11) is 0. The minimum absolute atomic E-state index is 0. The predicted octanol–water partition coefficient (Wildman–Crippen LogP) is 1.70. The molecule has 1 aliphatic rings. The third-order valence-corrected chi connectivity index (χ3v) is 3.65. The Hall–Kier alpha value is -0.690. The fraction of sp³-hybridized carbons (Fsp3) is 0.636. The van der Waals surface area contributed by atoms with Crippen molar-refractivity contribution in [2.75, 3.05) is 11.9 Å². The van der Waals surface area contributed by atoms with Gasteiger partial charge in [-0.25, -0.2) is 4.98 Å². The summed E-state index contributed by atoms with van der Waals surface area (Å²) in [5.74, 6) is -0.154. The molecule has 2 heterocycles. The highest BCUT2D eigenvalue weighted by Gasteiger charge is 2.18. The molecule has 18 heavy (non-hydrogen) atoms. The fourth-order valence-corrected chi connectivity index (χ4v) is 2.67. The number of nitrogens with one attached hydrogen (secondary N) is 1. The molecule has 1 unspecified atom stereocenters. The van der Waals surface area contributed by atoms with Gasteiger partial charge in [0.2, 0.25) is 5.91 Å². The Balaban J connectivity index is 0.00000162. The molecule has 0 radical (unpaired) electrons. The second-order valence-electron chi connectivity index (χ2n) is 4.08. The molecule has 102 valence electrons. The lowest BCUT2D eigenvalue weighted by Gasteiger charge is -2.08. The molecule has 0 saturated heterocycles. The SMILES string of the molecule is CCCC(N)C(=O)Nc1nc2c(s1)COCC2.Cl. The number of nitrogens with two attached hydrogens (primary N) is 1. The maximum atomic E-state index is 11.7. The van der Waals surface area contributed by atoms with Crippen LogP contribution in [0.2, 0.25) is 0 Å². The maximum absolute atomic E-state index is 11.7. The van der Waals surface area contributed by atoms with Crippen LogP contribution in [0.25, 0.3) is 0 Å². The Bertz CT molecular complexity index is 387. The van der Waals surface area contributed by atoms with Gasteiger partial charge in [0.25, 0.3) is 0 Å². The van der Waals surface area contributed by atoms with Gasteiger partial charge >= 0.3 is 0 Å². The summed E-state index contributed by atoms with van der Waals surface area (Å²) in [5.41, 5.74) is 6.78. The smallest absolute Gasteiger partial charge is 0.243 e. The van der Waals surface area contributed by atoms with E-state index in [1.165, 1.54) is 11.3 Å². The summed E-state index contributed by atoms with van der Waals surface area (Å²) in [6, 6.07) is -0.447. The number of hydrogen-bond donors (Lipinski definition) is 2. The van der Waals surface area contributed by atoms with Crippen LogP contribution < -0.4 is 11.1 Å². The molecule has 0 spiro atoms. The first-order valence-electron chi connectivity index (χ1n) is 5.83. The first-order valence-corrected chi connectivity index (χ1v) is 6.65. The third kappa shape index (κ3) is 3.65. The molecule has 7 heteroatoms. The van der Waals surface area contributed by atoms with Crippen LogP contribution in [0, 0.1) is 0 Å². The van der Waals surface area contributed by atoms with Gasteiger partial charge in [-0.2, -0.15) is 0 Å². The van der Waals surface area contributed by atoms with E-state index in [4.69, 9.17) is 10.5 Å². The van der Waals surface area contributed by atoms with E-state index in [-0.39, 0.29) is 18.3 Å². The van der Waals surface area contributed by atoms with Crippen LogP contribution in [-0.2, 0) is 22.6 Å². The summed E-state index contributed by atoms with van der Waals surface area (Å²) >= 11 is 1.48. The monoisotopic (exact) mass is 291 g/mol. The van der Waals surface area contributed by atoms with Crippen molar-refractivity contribution in [1.82, 2.24) is 4.98 Å². The minimum Gasteiger partial charge on any atom is -0.375 e. The van der Waals surface area contributed by atoms with Crippen LogP contribution in [0.3, 0.4) is 0 Å². The van der Waals surface area contributed by atoms with Gasteiger partial charge in [0.05, 0.1) is 29.8 Å². The van der Waals surface area contributed by atoms with Crippen molar-refractivity contribution in [3.63, 3.8) is 0 Å². The standard InChI is InChI=1S/C11H17N3O2S.ClH/c1-2-3-7(12)10(15)14-11-13-8-4-5-16-6-9(8)17-11;/h7H,2-6,12H2,1H3,(H,13,14,15);1H. The number of anilines is 1. The van der Waals surface area contributed by atoms with Gasteiger partial charge in [-0.05, 0) is 6.42 Å². The van der Waals surface area contributed by atoms with Crippen LogP contribution in [-0.4, -0.2) is 23.5 Å². The Morgan fingerprint density at radius 1 is 1.67 bits per heavy atom. The Morgan fingerprint density at radius 2 is 2.44 bits per heavy atom. The number of thiazole rings is 1. The van der Waals surface area contributed by atoms with E-state index in [9.17, 15) is 4.79 Å². The molecule has 5 nitrogen and oxygen atoms in total. The molecule has 0 bridgehead atoms. The van der Waals surface area contributed by atoms with Crippen molar-refractivity contribution < 1.29 is 9.53 Å². The second kappa shape index (κ2) is 7.04. The quantitative estimate of drug-likeness (QED) is 0.885. The number of amides is 1. The topological polar surface area (TPSA) is 77.2 Å². The van der Waals surface area contributed by atoms with Crippen molar-refractivity contribution in [3.8, 4) is 0 Å². The molecule has 1 aromatic rings. The van der Waals surface area contributed by atoms with Gasteiger partial charge in [-0.15, -0.1) is 12.4 Å². The lowest BCUT2D eigenvalue weighted by Crippen LogP contribution is -2.35. The molecule has 2 rings (SSSR count). The van der Waals surface area contributed by atoms with E-state index in [1.807, 2.05) is 6.92 Å². The molecule has 0 saturated carbocycles. The van der Waals surface area contributed by atoms with E-state index in [0.717, 1.165) is 23.4 Å². The van der Waals surface area contributed by atoms with E-state index in [2.05, 4.69) is 10.3 Å². The number of carbonyl (C=O) groups is 1. The number of hydrogen-bond acceptors (Lipinski definition) is 5. The lowest BCUT2D eigenvalue weighted by atomic mass is 10.2. The van der Waals surface area contributed by atoms with Crippen molar-refractivity contribution in [2.24, 2.45) is 5.73 Å². The van der Waals surface area contributed by atoms with Crippen LogP contribution >= 0.6 is 23.7 Å². The Kier molecular flexibility index (Phi) is 6.01. The molecular formula is C11H18ClN3O2S. The summed E-state index contributed by atoms with van der Waals surface area (Å²) in [4.78, 5) is 17.2. The van der Waals surface area contributed by atoms with Gasteiger partial charge in [0.15, 0.2) is 5.13 Å². The van der Waals surface area contributed by atoms with Gasteiger partial charge in [-0.3, -0.25) is 4.79 Å². The summed E-state index contributed by atoms with van der Waals surface area (Å²) in [6.07, 6.45) is 2.42. The highest BCUT2D eigenvalue weighted by Crippen LogP contribution is 2.27. The fourth-order valence-electron chi connectivity index (χ4n) is 1.72. The molecule has 1 aromatic heterocycles. The molecule has 0 fully saturated rings. The Labute approximate surface area is 117 Å².